The molecule has 0 radical (unpaired) electrons. The highest BCUT2D eigenvalue weighted by molar-refractivity contribution is 5.92. The Hall–Kier alpha value is -3.63. The number of carbonyl (C=O) groups excluding carboxylic acids is 1. The van der Waals surface area contributed by atoms with Crippen molar-refractivity contribution in [2.45, 2.75) is 39.3 Å². The summed E-state index contributed by atoms with van der Waals surface area (Å²) in [7, 11) is 0. The maximum absolute atomic E-state index is 12.2. The summed E-state index contributed by atoms with van der Waals surface area (Å²) < 4.78 is 0. The molecule has 4 rings (SSSR count). The maximum atomic E-state index is 12.2. The van der Waals surface area contributed by atoms with E-state index in [4.69, 9.17) is 5.11 Å². The number of piperazine rings is 1. The summed E-state index contributed by atoms with van der Waals surface area (Å²) in [5.74, 6) is 1.17. The van der Waals surface area contributed by atoms with Crippen molar-refractivity contribution in [1.82, 2.24) is 25.5 Å². The third-order valence-corrected chi connectivity index (χ3v) is 6.61. The van der Waals surface area contributed by atoms with E-state index in [1.165, 1.54) is 17.3 Å². The van der Waals surface area contributed by atoms with E-state index in [0.29, 0.717) is 5.82 Å². The molecule has 190 valence electrons. The largest absolute Gasteiger partial charge is 0.394 e. The molecule has 1 saturated heterocycles. The Balaban J connectivity index is 1.40. The molecule has 0 saturated carbocycles. The molecule has 10 heteroatoms. The average molecular weight is 492 g/mol. The van der Waals surface area contributed by atoms with Gasteiger partial charge in [0.25, 0.3) is 5.91 Å². The van der Waals surface area contributed by atoms with Gasteiger partial charge >= 0.3 is 0 Å². The lowest BCUT2D eigenvalue weighted by atomic mass is 10.0. The number of amides is 1. The van der Waals surface area contributed by atoms with Crippen molar-refractivity contribution in [2.75, 3.05) is 42.6 Å². The van der Waals surface area contributed by atoms with Crippen LogP contribution in [0.3, 0.4) is 0 Å². The Kier molecular flexibility index (Phi) is 8.07. The predicted molar refractivity (Wildman–Crippen MR) is 137 cm³/mol. The van der Waals surface area contributed by atoms with Crippen LogP contribution < -0.4 is 15.1 Å². The summed E-state index contributed by atoms with van der Waals surface area (Å²) in [6.07, 6.45) is 2.78. The number of aliphatic hydroxyl groups is 2. The molecule has 3 N–H and O–H groups in total. The van der Waals surface area contributed by atoms with Gasteiger partial charge < -0.3 is 25.3 Å². The van der Waals surface area contributed by atoms with Crippen LogP contribution in [0.2, 0.25) is 0 Å². The number of rotatable bonds is 8. The minimum Gasteiger partial charge on any atom is -0.394 e. The minimum atomic E-state index is -1.00. The molecule has 3 aromatic rings. The monoisotopic (exact) mass is 491 g/mol. The number of hydrogen-bond acceptors (Lipinski definition) is 9. The van der Waals surface area contributed by atoms with Gasteiger partial charge in [-0.3, -0.25) is 4.79 Å². The van der Waals surface area contributed by atoms with Crippen molar-refractivity contribution in [2.24, 2.45) is 0 Å². The van der Waals surface area contributed by atoms with Crippen LogP contribution in [0.25, 0.3) is 0 Å². The van der Waals surface area contributed by atoms with E-state index in [2.05, 4.69) is 68.2 Å². The molecule has 1 aliphatic heterocycles. The summed E-state index contributed by atoms with van der Waals surface area (Å²) in [5.41, 5.74) is 4.70. The molecule has 0 spiro atoms. The molecule has 0 aliphatic carbocycles. The SMILES string of the molecule is Cc1c(Cc2ccccc2)nnc(N2CCN(c3cnc(C(=O)NCC(O)CO)cn3)C(C)C2)c1C. The number of nitrogens with zero attached hydrogens (tertiary/aromatic N) is 6. The van der Waals surface area contributed by atoms with Crippen LogP contribution in [0.1, 0.15) is 39.8 Å². The molecule has 2 unspecified atom stereocenters. The summed E-state index contributed by atoms with van der Waals surface area (Å²) in [4.78, 5) is 25.3. The number of aliphatic hydroxyl groups excluding tert-OH is 2. The van der Waals surface area contributed by atoms with Crippen molar-refractivity contribution >= 4 is 17.5 Å². The zero-order valence-electron chi connectivity index (χ0n) is 20.9. The lowest BCUT2D eigenvalue weighted by molar-refractivity contribution is 0.0798. The van der Waals surface area contributed by atoms with Gasteiger partial charge in [-0.15, -0.1) is 5.10 Å². The standard InChI is InChI=1S/C26H33N7O3/c1-17-15-32(25-19(3)18(2)22(30-31-25)11-20-7-5-4-6-8-20)9-10-33(17)24-14-27-23(13-28-24)26(36)29-12-21(35)16-34/h4-8,13-14,17,21,34-35H,9-12,15-16H2,1-3H3,(H,29,36). The third kappa shape index (κ3) is 5.77. The zero-order valence-corrected chi connectivity index (χ0v) is 20.9. The van der Waals surface area contributed by atoms with Crippen LogP contribution in [0, 0.1) is 13.8 Å². The number of nitrogens with one attached hydrogen (secondary N) is 1. The Morgan fingerprint density at radius 2 is 1.89 bits per heavy atom. The highest BCUT2D eigenvalue weighted by Crippen LogP contribution is 2.26. The first-order chi connectivity index (χ1) is 17.4. The van der Waals surface area contributed by atoms with Crippen molar-refractivity contribution < 1.29 is 15.0 Å². The van der Waals surface area contributed by atoms with E-state index >= 15 is 0 Å². The number of anilines is 2. The van der Waals surface area contributed by atoms with E-state index < -0.39 is 18.6 Å². The molecule has 2 aromatic heterocycles. The van der Waals surface area contributed by atoms with Gasteiger partial charge in [-0.05, 0) is 37.5 Å². The first-order valence-electron chi connectivity index (χ1n) is 12.1. The second kappa shape index (κ2) is 11.4. The van der Waals surface area contributed by atoms with Gasteiger partial charge in [0, 0.05) is 38.6 Å². The number of hydrogen-bond donors (Lipinski definition) is 3. The molecule has 1 amide bonds. The summed E-state index contributed by atoms with van der Waals surface area (Å²) in [5, 5.41) is 30.0. The van der Waals surface area contributed by atoms with Crippen LogP contribution >= 0.6 is 0 Å². The summed E-state index contributed by atoms with van der Waals surface area (Å²) >= 11 is 0. The fourth-order valence-electron chi connectivity index (χ4n) is 4.34. The van der Waals surface area contributed by atoms with E-state index in [0.717, 1.165) is 43.1 Å². The molecule has 1 aliphatic rings. The number of aromatic nitrogens is 4. The molecule has 10 nitrogen and oxygen atoms in total. The average Bonchev–Trinajstić information content (AvgIpc) is 2.90. The topological polar surface area (TPSA) is 128 Å². The van der Waals surface area contributed by atoms with Crippen LogP contribution in [0.15, 0.2) is 42.7 Å². The molecule has 0 bridgehead atoms. The molecule has 1 fully saturated rings. The Labute approximate surface area is 211 Å². The fraction of sp³-hybridized carbons (Fsp3) is 0.423. The Bertz CT molecular complexity index is 1170. The molecule has 2 atom stereocenters. The number of benzene rings is 1. The molecule has 36 heavy (non-hydrogen) atoms. The van der Waals surface area contributed by atoms with Gasteiger partial charge in [-0.1, -0.05) is 30.3 Å². The van der Waals surface area contributed by atoms with Crippen molar-refractivity contribution in [3.63, 3.8) is 0 Å². The smallest absolute Gasteiger partial charge is 0.271 e. The van der Waals surface area contributed by atoms with Crippen molar-refractivity contribution in [3.8, 4) is 0 Å². The third-order valence-electron chi connectivity index (χ3n) is 6.61. The summed E-state index contributed by atoms with van der Waals surface area (Å²) in [6, 6.07) is 10.5. The lowest BCUT2D eigenvalue weighted by Gasteiger charge is -2.41. The first-order valence-corrected chi connectivity index (χ1v) is 12.1. The van der Waals surface area contributed by atoms with Crippen LogP contribution in [-0.4, -0.2) is 81.2 Å². The Morgan fingerprint density at radius 3 is 2.56 bits per heavy atom. The zero-order chi connectivity index (χ0) is 25.7. The maximum Gasteiger partial charge on any atom is 0.271 e. The fourth-order valence-corrected chi connectivity index (χ4v) is 4.34. The van der Waals surface area contributed by atoms with E-state index in [9.17, 15) is 9.90 Å². The second-order valence-corrected chi connectivity index (χ2v) is 9.18. The van der Waals surface area contributed by atoms with E-state index in [1.54, 1.807) is 6.20 Å². The van der Waals surface area contributed by atoms with Crippen molar-refractivity contribution in [1.29, 1.82) is 0 Å². The molecular formula is C26H33N7O3. The predicted octanol–water partition coefficient (Wildman–Crippen LogP) is 1.27. The van der Waals surface area contributed by atoms with Gasteiger partial charge in [0.2, 0.25) is 0 Å². The molecular weight excluding hydrogens is 458 g/mol. The van der Waals surface area contributed by atoms with E-state index in [1.807, 2.05) is 18.2 Å². The highest BCUT2D eigenvalue weighted by Gasteiger charge is 2.27. The van der Waals surface area contributed by atoms with Gasteiger partial charge in [0.1, 0.15) is 11.5 Å². The van der Waals surface area contributed by atoms with Crippen molar-refractivity contribution in [3.05, 3.63) is 70.8 Å². The van der Waals surface area contributed by atoms with Crippen LogP contribution in [0.4, 0.5) is 11.6 Å². The van der Waals surface area contributed by atoms with E-state index in [-0.39, 0.29) is 18.3 Å². The van der Waals surface area contributed by atoms with Gasteiger partial charge in [0.15, 0.2) is 5.82 Å². The lowest BCUT2D eigenvalue weighted by Crippen LogP contribution is -2.53. The van der Waals surface area contributed by atoms with Crippen LogP contribution in [0.5, 0.6) is 0 Å². The van der Waals surface area contributed by atoms with Gasteiger partial charge in [-0.2, -0.15) is 5.10 Å². The number of carbonyl (C=O) groups is 1. The molecule has 1 aromatic carbocycles. The molecule has 3 heterocycles. The van der Waals surface area contributed by atoms with Crippen LogP contribution in [-0.2, 0) is 6.42 Å². The quantitative estimate of drug-likeness (QED) is 0.427. The Morgan fingerprint density at radius 1 is 1.11 bits per heavy atom. The first kappa shape index (κ1) is 25.5. The van der Waals surface area contributed by atoms with Gasteiger partial charge in [-0.25, -0.2) is 9.97 Å². The van der Waals surface area contributed by atoms with Gasteiger partial charge in [0.05, 0.1) is 30.8 Å². The minimum absolute atomic E-state index is 0.0488. The second-order valence-electron chi connectivity index (χ2n) is 9.18. The summed E-state index contributed by atoms with van der Waals surface area (Å²) in [6.45, 7) is 8.14. The highest BCUT2D eigenvalue weighted by atomic mass is 16.3. The normalized spacial score (nSPS) is 16.6.